The zero-order chi connectivity index (χ0) is 13.8. The molecule has 0 bridgehead atoms. The van der Waals surface area contributed by atoms with Crippen molar-refractivity contribution in [2.45, 2.75) is 44.7 Å². The van der Waals surface area contributed by atoms with Crippen molar-refractivity contribution in [1.29, 1.82) is 0 Å². The van der Waals surface area contributed by atoms with Crippen LogP contribution < -0.4 is 0 Å². The van der Waals surface area contributed by atoms with E-state index in [2.05, 4.69) is 29.3 Å². The highest BCUT2D eigenvalue weighted by Gasteiger charge is 2.40. The normalized spacial score (nSPS) is 28.9. The van der Waals surface area contributed by atoms with Crippen LogP contribution in [0.3, 0.4) is 0 Å². The fraction of sp³-hybridized carbons (Fsp3) is 0.647. The van der Waals surface area contributed by atoms with E-state index in [1.54, 1.807) is 0 Å². The molecule has 3 nitrogen and oxygen atoms in total. The number of nitrogens with zero attached hydrogens (tertiary/aromatic N) is 1. The first-order valence-electron chi connectivity index (χ1n) is 7.93. The molecule has 0 aromatic heterocycles. The van der Waals surface area contributed by atoms with Gasteiger partial charge in [-0.25, -0.2) is 0 Å². The molecule has 1 saturated heterocycles. The summed E-state index contributed by atoms with van der Waals surface area (Å²) < 4.78 is 0. The lowest BCUT2D eigenvalue weighted by Crippen LogP contribution is -2.40. The van der Waals surface area contributed by atoms with Crippen LogP contribution in [-0.2, 0) is 11.4 Å². The fourth-order valence-electron chi connectivity index (χ4n) is 3.78. The summed E-state index contributed by atoms with van der Waals surface area (Å²) in [7, 11) is 0. The van der Waals surface area contributed by atoms with Crippen molar-refractivity contribution in [3.63, 3.8) is 0 Å². The monoisotopic (exact) mass is 275 g/mol. The van der Waals surface area contributed by atoms with Crippen molar-refractivity contribution in [3.05, 3.63) is 35.9 Å². The predicted octanol–water partition coefficient (Wildman–Crippen LogP) is 2.99. The van der Waals surface area contributed by atoms with E-state index in [0.717, 1.165) is 6.54 Å². The van der Waals surface area contributed by atoms with Gasteiger partial charge in [0.25, 0.3) is 0 Å². The third-order valence-electron chi connectivity index (χ3n) is 4.82. The predicted molar refractivity (Wildman–Crippen MR) is 78.9 cm³/mol. The number of hydrogen-bond donors (Lipinski definition) is 1. The summed E-state index contributed by atoms with van der Waals surface area (Å²) >= 11 is 0. The quantitative estimate of drug-likeness (QED) is 0.917. The average molecular weight is 275 g/mol. The van der Waals surface area contributed by atoms with Crippen molar-refractivity contribution in [2.75, 3.05) is 13.2 Å². The number of rotatable bonds is 4. The van der Waals surface area contributed by atoms with Crippen LogP contribution in [0.5, 0.6) is 0 Å². The maximum Gasteiger partial charge on any atom is 0.0751 e. The Bertz CT molecular complexity index is 403. The first-order valence-corrected chi connectivity index (χ1v) is 7.93. The van der Waals surface area contributed by atoms with E-state index in [-0.39, 0.29) is 12.5 Å². The van der Waals surface area contributed by atoms with E-state index < -0.39 is 0 Å². The molecule has 2 atom stereocenters. The molecule has 1 aliphatic carbocycles. The van der Waals surface area contributed by atoms with Crippen LogP contribution in [0, 0.1) is 11.8 Å². The minimum Gasteiger partial charge on any atom is -0.396 e. The van der Waals surface area contributed by atoms with E-state index >= 15 is 0 Å². The number of benzene rings is 1. The van der Waals surface area contributed by atoms with E-state index in [0.29, 0.717) is 18.6 Å². The first kappa shape index (κ1) is 14.1. The summed E-state index contributed by atoms with van der Waals surface area (Å²) in [6.07, 6.45) is 6.61. The second-order valence-corrected chi connectivity index (χ2v) is 6.19. The highest BCUT2D eigenvalue weighted by Crippen LogP contribution is 2.36. The molecule has 2 aliphatic rings. The van der Waals surface area contributed by atoms with Crippen molar-refractivity contribution in [2.24, 2.45) is 11.8 Å². The summed E-state index contributed by atoms with van der Waals surface area (Å²) in [6.45, 7) is 1.75. The molecule has 0 radical (unpaired) electrons. The van der Waals surface area contributed by atoms with Crippen LogP contribution in [0.25, 0.3) is 0 Å². The molecule has 1 heterocycles. The Hall–Kier alpha value is -0.900. The highest BCUT2D eigenvalue weighted by atomic mass is 16.7. The van der Waals surface area contributed by atoms with E-state index in [1.165, 1.54) is 37.7 Å². The molecule has 3 rings (SSSR count). The van der Waals surface area contributed by atoms with Gasteiger partial charge in [-0.1, -0.05) is 49.6 Å². The van der Waals surface area contributed by atoms with Crippen LogP contribution in [-0.4, -0.2) is 29.4 Å². The zero-order valence-corrected chi connectivity index (χ0v) is 12.1. The summed E-state index contributed by atoms with van der Waals surface area (Å²) in [5, 5.41) is 11.8. The second-order valence-electron chi connectivity index (χ2n) is 6.19. The molecule has 1 saturated carbocycles. The molecule has 1 aromatic rings. The second kappa shape index (κ2) is 6.70. The van der Waals surface area contributed by atoms with Gasteiger partial charge in [-0.3, -0.25) is 4.84 Å². The van der Waals surface area contributed by atoms with Gasteiger partial charge in [0, 0.05) is 25.1 Å². The van der Waals surface area contributed by atoms with Gasteiger partial charge < -0.3 is 5.11 Å². The minimum atomic E-state index is 0.243. The van der Waals surface area contributed by atoms with Gasteiger partial charge in [-0.2, -0.15) is 5.06 Å². The molecule has 2 fully saturated rings. The third kappa shape index (κ3) is 3.05. The SMILES string of the molecule is OC[C@H]1CON(Cc2ccccc2)[C@@H]1C1CCCCC1. The molecular formula is C17H25NO2. The Morgan fingerprint density at radius 1 is 1.10 bits per heavy atom. The largest absolute Gasteiger partial charge is 0.396 e. The van der Waals surface area contributed by atoms with Crippen molar-refractivity contribution in [1.82, 2.24) is 5.06 Å². The molecule has 0 unspecified atom stereocenters. The highest BCUT2D eigenvalue weighted by molar-refractivity contribution is 5.14. The number of hydroxylamine groups is 2. The standard InChI is InChI=1S/C17H25NO2/c19-12-16-13-20-18(11-14-7-3-1-4-8-14)17(16)15-9-5-2-6-10-15/h1,3-4,7-8,15-17,19H,2,5-6,9-13H2/t16-,17+/m0/s1. The number of aliphatic hydroxyl groups excluding tert-OH is 1. The first-order chi connectivity index (χ1) is 9.88. The van der Waals surface area contributed by atoms with Gasteiger partial charge in [0.1, 0.15) is 0 Å². The summed E-state index contributed by atoms with van der Waals surface area (Å²) in [4.78, 5) is 5.90. The molecule has 1 aliphatic heterocycles. The number of aliphatic hydroxyl groups is 1. The Labute approximate surface area is 121 Å². The lowest BCUT2D eigenvalue weighted by atomic mass is 9.79. The molecular weight excluding hydrogens is 250 g/mol. The molecule has 110 valence electrons. The third-order valence-corrected chi connectivity index (χ3v) is 4.82. The summed E-state index contributed by atoms with van der Waals surface area (Å²) in [5.41, 5.74) is 1.28. The van der Waals surface area contributed by atoms with Crippen LogP contribution in [0.15, 0.2) is 30.3 Å². The van der Waals surface area contributed by atoms with Crippen LogP contribution in [0.1, 0.15) is 37.7 Å². The topological polar surface area (TPSA) is 32.7 Å². The smallest absolute Gasteiger partial charge is 0.0751 e. The van der Waals surface area contributed by atoms with Crippen LogP contribution in [0.4, 0.5) is 0 Å². The van der Waals surface area contributed by atoms with Gasteiger partial charge in [0.15, 0.2) is 0 Å². The fourth-order valence-corrected chi connectivity index (χ4v) is 3.78. The lowest BCUT2D eigenvalue weighted by Gasteiger charge is -2.34. The van der Waals surface area contributed by atoms with E-state index in [4.69, 9.17) is 4.84 Å². The van der Waals surface area contributed by atoms with Crippen molar-refractivity contribution in [3.8, 4) is 0 Å². The molecule has 1 aromatic carbocycles. The minimum absolute atomic E-state index is 0.243. The Kier molecular flexibility index (Phi) is 4.71. The zero-order valence-electron chi connectivity index (χ0n) is 12.1. The Balaban J connectivity index is 1.71. The average Bonchev–Trinajstić information content (AvgIpc) is 2.92. The molecule has 0 spiro atoms. The summed E-state index contributed by atoms with van der Waals surface area (Å²) in [6, 6.07) is 10.9. The van der Waals surface area contributed by atoms with E-state index in [1.807, 2.05) is 6.07 Å². The molecule has 20 heavy (non-hydrogen) atoms. The Morgan fingerprint density at radius 2 is 1.85 bits per heavy atom. The van der Waals surface area contributed by atoms with Crippen molar-refractivity contribution < 1.29 is 9.94 Å². The van der Waals surface area contributed by atoms with Crippen LogP contribution in [0.2, 0.25) is 0 Å². The maximum absolute atomic E-state index is 9.64. The number of hydrogen-bond acceptors (Lipinski definition) is 3. The summed E-state index contributed by atoms with van der Waals surface area (Å²) in [5.74, 6) is 0.967. The van der Waals surface area contributed by atoms with Gasteiger partial charge in [-0.05, 0) is 24.3 Å². The molecule has 0 amide bonds. The Morgan fingerprint density at radius 3 is 2.55 bits per heavy atom. The van der Waals surface area contributed by atoms with Crippen molar-refractivity contribution >= 4 is 0 Å². The van der Waals surface area contributed by atoms with Crippen LogP contribution >= 0.6 is 0 Å². The van der Waals surface area contributed by atoms with E-state index in [9.17, 15) is 5.11 Å². The van der Waals surface area contributed by atoms with Gasteiger partial charge in [0.05, 0.1) is 6.61 Å². The van der Waals surface area contributed by atoms with Gasteiger partial charge in [-0.15, -0.1) is 0 Å². The maximum atomic E-state index is 9.64. The van der Waals surface area contributed by atoms with Gasteiger partial charge >= 0.3 is 0 Å². The lowest BCUT2D eigenvalue weighted by molar-refractivity contribution is -0.151. The van der Waals surface area contributed by atoms with Gasteiger partial charge in [0.2, 0.25) is 0 Å². The molecule has 1 N–H and O–H groups in total. The molecule has 3 heteroatoms.